The van der Waals surface area contributed by atoms with Gasteiger partial charge in [0.2, 0.25) is 5.91 Å². The molecular formula is C17H22N4O2S. The molecule has 1 aliphatic rings. The summed E-state index contributed by atoms with van der Waals surface area (Å²) in [6.45, 7) is 3.94. The number of rotatable bonds is 5. The molecule has 0 spiro atoms. The molecule has 0 aliphatic carbocycles. The standard InChI is InChI=1S/C17H22N4O2S/c1-12(17(23)18-7-5-14-4-3-9-24-14)21-8-6-15-13(11-21)10-16(22)20(2)19-15/h3-4,9-10,12H,5-8,11H2,1-2H3,(H,18,23)/t12-/m0/s1. The molecule has 3 heterocycles. The monoisotopic (exact) mass is 346 g/mol. The Balaban J connectivity index is 1.56. The lowest BCUT2D eigenvalue weighted by atomic mass is 10.0. The van der Waals surface area contributed by atoms with Crippen LogP contribution in [0.15, 0.2) is 28.4 Å². The van der Waals surface area contributed by atoms with Crippen LogP contribution in [0.25, 0.3) is 0 Å². The Labute approximate surface area is 145 Å². The van der Waals surface area contributed by atoms with Crippen molar-refractivity contribution in [2.75, 3.05) is 13.1 Å². The third-order valence-electron chi connectivity index (χ3n) is 4.45. The van der Waals surface area contributed by atoms with Crippen molar-refractivity contribution in [3.63, 3.8) is 0 Å². The number of nitrogens with one attached hydrogen (secondary N) is 1. The van der Waals surface area contributed by atoms with E-state index in [1.165, 1.54) is 9.56 Å². The largest absolute Gasteiger partial charge is 0.354 e. The van der Waals surface area contributed by atoms with Gasteiger partial charge in [0.15, 0.2) is 0 Å². The summed E-state index contributed by atoms with van der Waals surface area (Å²) in [5.41, 5.74) is 1.78. The lowest BCUT2D eigenvalue weighted by Gasteiger charge is -2.32. The van der Waals surface area contributed by atoms with E-state index in [9.17, 15) is 9.59 Å². The molecule has 3 rings (SSSR count). The minimum absolute atomic E-state index is 0.0341. The molecule has 0 unspecified atom stereocenters. The van der Waals surface area contributed by atoms with E-state index in [1.54, 1.807) is 24.5 Å². The van der Waals surface area contributed by atoms with E-state index in [0.717, 1.165) is 30.6 Å². The highest BCUT2D eigenvalue weighted by atomic mass is 32.1. The number of fused-ring (bicyclic) bond motifs is 1. The first-order chi connectivity index (χ1) is 11.5. The van der Waals surface area contributed by atoms with E-state index >= 15 is 0 Å². The van der Waals surface area contributed by atoms with Crippen LogP contribution in [0.2, 0.25) is 0 Å². The van der Waals surface area contributed by atoms with Crippen LogP contribution in [0.4, 0.5) is 0 Å². The fourth-order valence-electron chi connectivity index (χ4n) is 2.92. The van der Waals surface area contributed by atoms with E-state index < -0.39 is 0 Å². The minimum Gasteiger partial charge on any atom is -0.354 e. The first-order valence-electron chi connectivity index (χ1n) is 8.15. The van der Waals surface area contributed by atoms with E-state index in [1.807, 2.05) is 18.4 Å². The Morgan fingerprint density at radius 1 is 1.50 bits per heavy atom. The number of thiophene rings is 1. The topological polar surface area (TPSA) is 67.2 Å². The number of amides is 1. The Morgan fingerprint density at radius 2 is 2.33 bits per heavy atom. The Kier molecular flexibility index (Phi) is 5.11. The van der Waals surface area contributed by atoms with Gasteiger partial charge in [0, 0.05) is 44.0 Å². The lowest BCUT2D eigenvalue weighted by molar-refractivity contribution is -0.126. The zero-order chi connectivity index (χ0) is 17.1. The maximum absolute atomic E-state index is 12.4. The van der Waals surface area contributed by atoms with Gasteiger partial charge >= 0.3 is 0 Å². The third kappa shape index (κ3) is 3.73. The molecule has 1 amide bonds. The third-order valence-corrected chi connectivity index (χ3v) is 5.38. The van der Waals surface area contributed by atoms with Crippen LogP contribution < -0.4 is 10.9 Å². The maximum Gasteiger partial charge on any atom is 0.266 e. The van der Waals surface area contributed by atoms with Crippen LogP contribution >= 0.6 is 11.3 Å². The fraction of sp³-hybridized carbons (Fsp3) is 0.471. The molecular weight excluding hydrogens is 324 g/mol. The molecule has 0 aromatic carbocycles. The summed E-state index contributed by atoms with van der Waals surface area (Å²) < 4.78 is 1.37. The van der Waals surface area contributed by atoms with Crippen molar-refractivity contribution in [2.24, 2.45) is 7.05 Å². The molecule has 2 aromatic rings. The molecule has 0 saturated carbocycles. The van der Waals surface area contributed by atoms with Crippen LogP contribution in [0, 0.1) is 0 Å². The Hall–Kier alpha value is -1.99. The number of aryl methyl sites for hydroxylation is 1. The van der Waals surface area contributed by atoms with Gasteiger partial charge in [-0.2, -0.15) is 5.10 Å². The molecule has 6 nitrogen and oxygen atoms in total. The Morgan fingerprint density at radius 3 is 3.08 bits per heavy atom. The van der Waals surface area contributed by atoms with Crippen LogP contribution in [-0.2, 0) is 31.2 Å². The predicted molar refractivity (Wildman–Crippen MR) is 94.1 cm³/mol. The van der Waals surface area contributed by atoms with Crippen LogP contribution in [0.5, 0.6) is 0 Å². The summed E-state index contributed by atoms with van der Waals surface area (Å²) in [6.07, 6.45) is 1.62. The second-order valence-corrected chi connectivity index (χ2v) is 7.13. The van der Waals surface area contributed by atoms with Gasteiger partial charge in [0.1, 0.15) is 0 Å². The number of hydrogen-bond donors (Lipinski definition) is 1. The van der Waals surface area contributed by atoms with Crippen LogP contribution in [0.1, 0.15) is 23.1 Å². The highest BCUT2D eigenvalue weighted by Crippen LogP contribution is 2.17. The normalized spacial score (nSPS) is 15.8. The highest BCUT2D eigenvalue weighted by Gasteiger charge is 2.26. The molecule has 1 N–H and O–H groups in total. The lowest BCUT2D eigenvalue weighted by Crippen LogP contribution is -2.48. The predicted octanol–water partition coefficient (Wildman–Crippen LogP) is 0.947. The average molecular weight is 346 g/mol. The summed E-state index contributed by atoms with van der Waals surface area (Å²) in [5, 5.41) is 9.36. The van der Waals surface area contributed by atoms with E-state index in [2.05, 4.69) is 21.4 Å². The highest BCUT2D eigenvalue weighted by molar-refractivity contribution is 7.09. The molecule has 24 heavy (non-hydrogen) atoms. The second-order valence-electron chi connectivity index (χ2n) is 6.09. The summed E-state index contributed by atoms with van der Waals surface area (Å²) >= 11 is 1.71. The molecule has 0 bridgehead atoms. The van der Waals surface area contributed by atoms with Crippen molar-refractivity contribution in [1.29, 1.82) is 0 Å². The van der Waals surface area contributed by atoms with Crippen molar-refractivity contribution >= 4 is 17.2 Å². The smallest absolute Gasteiger partial charge is 0.266 e. The average Bonchev–Trinajstić information content (AvgIpc) is 3.08. The molecule has 0 saturated heterocycles. The summed E-state index contributed by atoms with van der Waals surface area (Å²) in [5.74, 6) is 0.0341. The number of nitrogens with zero attached hydrogens (tertiary/aromatic N) is 3. The van der Waals surface area contributed by atoms with Gasteiger partial charge in [0.05, 0.1) is 11.7 Å². The van der Waals surface area contributed by atoms with Gasteiger partial charge in [-0.1, -0.05) is 6.07 Å². The van der Waals surface area contributed by atoms with Gasteiger partial charge in [0.25, 0.3) is 5.56 Å². The summed E-state index contributed by atoms with van der Waals surface area (Å²) in [7, 11) is 1.67. The molecule has 2 aromatic heterocycles. The van der Waals surface area contributed by atoms with Gasteiger partial charge in [-0.3, -0.25) is 14.5 Å². The quantitative estimate of drug-likeness (QED) is 0.875. The number of carbonyl (C=O) groups is 1. The summed E-state index contributed by atoms with van der Waals surface area (Å²) in [4.78, 5) is 27.5. The molecule has 0 fully saturated rings. The van der Waals surface area contributed by atoms with E-state index in [4.69, 9.17) is 0 Å². The number of aromatic nitrogens is 2. The fourth-order valence-corrected chi connectivity index (χ4v) is 3.63. The second kappa shape index (κ2) is 7.27. The van der Waals surface area contributed by atoms with Crippen LogP contribution in [-0.4, -0.2) is 39.7 Å². The van der Waals surface area contributed by atoms with E-state index in [0.29, 0.717) is 13.1 Å². The van der Waals surface area contributed by atoms with Gasteiger partial charge in [-0.15, -0.1) is 11.3 Å². The van der Waals surface area contributed by atoms with Gasteiger partial charge in [-0.05, 0) is 30.4 Å². The van der Waals surface area contributed by atoms with Crippen molar-refractivity contribution in [2.45, 2.75) is 32.4 Å². The molecule has 1 aliphatic heterocycles. The molecule has 1 atom stereocenters. The van der Waals surface area contributed by atoms with Crippen LogP contribution in [0.3, 0.4) is 0 Å². The SMILES string of the molecule is C[C@@H](C(=O)NCCc1cccs1)N1CCc2nn(C)c(=O)cc2C1. The zero-order valence-electron chi connectivity index (χ0n) is 14.0. The number of carbonyl (C=O) groups excluding carboxylic acids is 1. The maximum atomic E-state index is 12.4. The summed E-state index contributed by atoms with van der Waals surface area (Å²) in [6, 6.07) is 5.52. The molecule has 7 heteroatoms. The first-order valence-corrected chi connectivity index (χ1v) is 9.03. The van der Waals surface area contributed by atoms with E-state index in [-0.39, 0.29) is 17.5 Å². The van der Waals surface area contributed by atoms with Gasteiger partial charge < -0.3 is 5.32 Å². The van der Waals surface area contributed by atoms with Gasteiger partial charge in [-0.25, -0.2) is 4.68 Å². The zero-order valence-corrected chi connectivity index (χ0v) is 14.8. The van der Waals surface area contributed by atoms with Crippen molar-refractivity contribution in [1.82, 2.24) is 20.0 Å². The first kappa shape index (κ1) is 16.9. The minimum atomic E-state index is -0.217. The van der Waals surface area contributed by atoms with Crippen molar-refractivity contribution in [3.8, 4) is 0 Å². The molecule has 0 radical (unpaired) electrons. The molecule has 128 valence electrons. The van der Waals surface area contributed by atoms with Crippen molar-refractivity contribution < 1.29 is 4.79 Å². The number of hydrogen-bond acceptors (Lipinski definition) is 5. The van der Waals surface area contributed by atoms with Crippen molar-refractivity contribution in [3.05, 3.63) is 50.1 Å². The Bertz CT molecular complexity index is 769.